The van der Waals surface area contributed by atoms with E-state index in [0.717, 1.165) is 25.3 Å². The summed E-state index contributed by atoms with van der Waals surface area (Å²) in [5.74, 6) is -2.61. The van der Waals surface area contributed by atoms with Crippen LogP contribution < -0.4 is 0 Å². The van der Waals surface area contributed by atoms with Crippen molar-refractivity contribution < 1.29 is 37.0 Å². The third-order valence-electron chi connectivity index (χ3n) is 3.94. The fraction of sp³-hybridized carbons (Fsp3) is 0.294. The van der Waals surface area contributed by atoms with Crippen LogP contribution in [0.1, 0.15) is 38.7 Å². The van der Waals surface area contributed by atoms with Gasteiger partial charge in [0.25, 0.3) is 0 Å². The maximum Gasteiger partial charge on any atom is 0.421 e. The average Bonchev–Trinajstić information content (AvgIpc) is 2.99. The highest BCUT2D eigenvalue weighted by Crippen LogP contribution is 2.45. The number of carbonyl (C=O) groups is 2. The van der Waals surface area contributed by atoms with Gasteiger partial charge in [-0.2, -0.15) is 13.2 Å². The van der Waals surface area contributed by atoms with E-state index in [1.165, 1.54) is 6.92 Å². The number of alkyl halides is 3. The van der Waals surface area contributed by atoms with E-state index in [4.69, 9.17) is 39.2 Å². The number of Topliss-reactive ketones (excluding diaryl/α,β-unsaturated/α-hetero) is 1. The predicted molar refractivity (Wildman–Crippen MR) is 95.2 cm³/mol. The van der Waals surface area contributed by atoms with Crippen molar-refractivity contribution in [3.63, 3.8) is 0 Å². The summed E-state index contributed by atoms with van der Waals surface area (Å²) in [6.07, 6.45) is -6.71. The first-order valence-electron chi connectivity index (χ1n) is 7.48. The average molecular weight is 460 g/mol. The summed E-state index contributed by atoms with van der Waals surface area (Å²) in [6.45, 7) is 1.33. The Balaban J connectivity index is 2.48. The Labute approximate surface area is 171 Å². The zero-order chi connectivity index (χ0) is 21.4. The third kappa shape index (κ3) is 4.15. The molecule has 0 amide bonds. The van der Waals surface area contributed by atoms with Crippen LogP contribution in [-0.4, -0.2) is 30.1 Å². The lowest BCUT2D eigenvalue weighted by atomic mass is 9.87. The molecule has 0 aliphatic carbocycles. The number of methoxy groups -OCH3 is 1. The molecular weight excluding hydrogens is 448 g/mol. The van der Waals surface area contributed by atoms with E-state index in [9.17, 15) is 27.9 Å². The molecule has 0 unspecified atom stereocenters. The van der Waals surface area contributed by atoms with E-state index < -0.39 is 41.3 Å². The van der Waals surface area contributed by atoms with Gasteiger partial charge in [-0.3, -0.25) is 4.79 Å². The van der Waals surface area contributed by atoms with Crippen LogP contribution >= 0.6 is 34.8 Å². The monoisotopic (exact) mass is 458 g/mol. The van der Waals surface area contributed by atoms with Crippen molar-refractivity contribution in [2.75, 3.05) is 7.11 Å². The molecule has 1 aromatic carbocycles. The molecule has 1 heterocycles. The number of aryl methyl sites for hydroxylation is 1. The third-order valence-corrected chi connectivity index (χ3v) is 5.14. The summed E-state index contributed by atoms with van der Waals surface area (Å²) >= 11 is 17.2. The molecule has 1 N–H and O–H groups in total. The fourth-order valence-corrected chi connectivity index (χ4v) is 3.01. The highest BCUT2D eigenvalue weighted by molar-refractivity contribution is 6.48. The highest BCUT2D eigenvalue weighted by atomic mass is 35.5. The van der Waals surface area contributed by atoms with Crippen molar-refractivity contribution >= 4 is 46.6 Å². The van der Waals surface area contributed by atoms with E-state index in [0.29, 0.717) is 0 Å². The summed E-state index contributed by atoms with van der Waals surface area (Å²) in [4.78, 5) is 24.0. The molecule has 0 saturated carbocycles. The second-order valence-corrected chi connectivity index (χ2v) is 6.98. The quantitative estimate of drug-likeness (QED) is 0.370. The zero-order valence-electron chi connectivity index (χ0n) is 14.3. The minimum absolute atomic E-state index is 0.0247. The Morgan fingerprint density at radius 2 is 1.68 bits per heavy atom. The fourth-order valence-electron chi connectivity index (χ4n) is 2.41. The Morgan fingerprint density at radius 1 is 1.14 bits per heavy atom. The highest BCUT2D eigenvalue weighted by Gasteiger charge is 2.56. The number of hydrogen-bond donors (Lipinski definition) is 1. The first kappa shape index (κ1) is 22.5. The maximum absolute atomic E-state index is 13.7. The number of ketones is 1. The Morgan fingerprint density at radius 3 is 2.14 bits per heavy atom. The number of esters is 1. The molecule has 0 radical (unpaired) electrons. The number of furan rings is 1. The second-order valence-electron chi connectivity index (χ2n) is 5.78. The molecule has 11 heteroatoms. The molecule has 0 fully saturated rings. The largest absolute Gasteiger partial charge is 0.465 e. The molecular formula is C17H12Cl3F3O5. The Kier molecular flexibility index (Phi) is 6.40. The first-order chi connectivity index (χ1) is 12.8. The Hall–Kier alpha value is -1.74. The van der Waals surface area contributed by atoms with Crippen molar-refractivity contribution in [1.29, 1.82) is 0 Å². The molecule has 28 heavy (non-hydrogen) atoms. The summed E-state index contributed by atoms with van der Waals surface area (Å²) in [5, 5.41) is 9.52. The van der Waals surface area contributed by atoms with Gasteiger partial charge in [0, 0.05) is 6.07 Å². The van der Waals surface area contributed by atoms with Crippen LogP contribution in [0, 0.1) is 6.92 Å². The molecule has 0 aliphatic heterocycles. The van der Waals surface area contributed by atoms with Crippen molar-refractivity contribution in [1.82, 2.24) is 0 Å². The van der Waals surface area contributed by atoms with Gasteiger partial charge in [-0.1, -0.05) is 34.8 Å². The lowest BCUT2D eigenvalue weighted by Gasteiger charge is -2.30. The number of halogens is 6. The summed E-state index contributed by atoms with van der Waals surface area (Å²) in [5.41, 5.74) is -4.53. The number of benzene rings is 1. The van der Waals surface area contributed by atoms with Crippen LogP contribution in [-0.2, 0) is 10.3 Å². The van der Waals surface area contributed by atoms with E-state index in [-0.39, 0.29) is 26.4 Å². The van der Waals surface area contributed by atoms with Gasteiger partial charge in [0.1, 0.15) is 11.3 Å². The van der Waals surface area contributed by atoms with Gasteiger partial charge in [-0.15, -0.1) is 0 Å². The van der Waals surface area contributed by atoms with Gasteiger partial charge in [0.05, 0.1) is 28.6 Å². The molecule has 2 rings (SSSR count). The first-order valence-corrected chi connectivity index (χ1v) is 8.61. The van der Waals surface area contributed by atoms with Gasteiger partial charge in [0.2, 0.25) is 5.78 Å². The van der Waals surface area contributed by atoms with E-state index in [1.54, 1.807) is 0 Å². The molecule has 5 nitrogen and oxygen atoms in total. The van der Waals surface area contributed by atoms with Crippen LogP contribution in [0.3, 0.4) is 0 Å². The van der Waals surface area contributed by atoms with Gasteiger partial charge >= 0.3 is 12.1 Å². The molecule has 152 valence electrons. The van der Waals surface area contributed by atoms with Crippen LogP contribution in [0.2, 0.25) is 15.1 Å². The summed E-state index contributed by atoms with van der Waals surface area (Å²) in [7, 11) is 1.09. The van der Waals surface area contributed by atoms with Crippen molar-refractivity contribution in [2.45, 2.75) is 25.1 Å². The summed E-state index contributed by atoms with van der Waals surface area (Å²) in [6, 6.07) is 2.48. The van der Waals surface area contributed by atoms with Crippen LogP contribution in [0.4, 0.5) is 13.2 Å². The van der Waals surface area contributed by atoms with Crippen LogP contribution in [0.25, 0.3) is 0 Å². The molecule has 0 aliphatic rings. The molecule has 0 spiro atoms. The van der Waals surface area contributed by atoms with Crippen molar-refractivity contribution in [3.8, 4) is 0 Å². The molecule has 0 saturated heterocycles. The van der Waals surface area contributed by atoms with Gasteiger partial charge in [0.15, 0.2) is 11.4 Å². The van der Waals surface area contributed by atoms with Crippen molar-refractivity contribution in [3.05, 3.63) is 55.9 Å². The Bertz CT molecular complexity index is 916. The predicted octanol–water partition coefficient (Wildman–Crippen LogP) is 5.36. The number of rotatable bonds is 5. The lowest BCUT2D eigenvalue weighted by molar-refractivity contribution is -0.264. The molecule has 0 bridgehead atoms. The van der Waals surface area contributed by atoms with E-state index >= 15 is 0 Å². The van der Waals surface area contributed by atoms with Crippen molar-refractivity contribution in [2.24, 2.45) is 0 Å². The standard InChI is InChI=1S/C17H12Cl3F3O5/c1-7-9(15(25)27-2)5-13(28-7)12(24)6-16(26,17(21,22)23)8-3-10(18)14(20)11(19)4-8/h3-5,26H,6H2,1-2H3/t16-/m0/s1. The van der Waals surface area contributed by atoms with E-state index in [1.807, 2.05) is 0 Å². The van der Waals surface area contributed by atoms with Gasteiger partial charge < -0.3 is 14.3 Å². The van der Waals surface area contributed by atoms with Crippen LogP contribution in [0.5, 0.6) is 0 Å². The minimum atomic E-state index is -5.27. The number of aliphatic hydroxyl groups is 1. The SMILES string of the molecule is COC(=O)c1cc(C(=O)C[C@](O)(c2cc(Cl)c(Cl)c(Cl)c2)C(F)(F)F)oc1C. The molecule has 1 atom stereocenters. The lowest BCUT2D eigenvalue weighted by Crippen LogP contribution is -2.44. The summed E-state index contributed by atoms with van der Waals surface area (Å²) < 4.78 is 50.6. The molecule has 1 aromatic heterocycles. The normalized spacial score (nSPS) is 13.9. The topological polar surface area (TPSA) is 76.7 Å². The van der Waals surface area contributed by atoms with Crippen LogP contribution in [0.15, 0.2) is 22.6 Å². The second kappa shape index (κ2) is 7.94. The minimum Gasteiger partial charge on any atom is -0.465 e. The molecule has 2 aromatic rings. The van der Waals surface area contributed by atoms with Gasteiger partial charge in [-0.25, -0.2) is 4.79 Å². The van der Waals surface area contributed by atoms with E-state index in [2.05, 4.69) is 4.74 Å². The number of ether oxygens (including phenoxy) is 1. The van der Waals surface area contributed by atoms with Gasteiger partial charge in [-0.05, 0) is 24.6 Å². The zero-order valence-corrected chi connectivity index (χ0v) is 16.6. The number of carbonyl (C=O) groups excluding carboxylic acids is 2. The number of hydrogen-bond acceptors (Lipinski definition) is 5. The maximum atomic E-state index is 13.7. The smallest absolute Gasteiger partial charge is 0.421 e.